The molecule has 0 amide bonds. The largest absolute Gasteiger partial charge is 0.494 e. The molecule has 0 bridgehead atoms. The first-order chi connectivity index (χ1) is 24.5. The molecule has 2 aliphatic rings. The van der Waals surface area contributed by atoms with Crippen LogP contribution in [0.4, 0.5) is 0 Å². The molecule has 1 unspecified atom stereocenters. The highest BCUT2D eigenvalue weighted by Gasteiger charge is 2.24. The molecule has 9 heteroatoms. The van der Waals surface area contributed by atoms with Crippen LogP contribution in [0, 0.1) is 0 Å². The molecule has 51 heavy (non-hydrogen) atoms. The van der Waals surface area contributed by atoms with Crippen molar-refractivity contribution in [1.29, 1.82) is 0 Å². The molecule has 6 nitrogen and oxygen atoms in total. The molecule has 2 aromatic rings. The summed E-state index contributed by atoms with van der Waals surface area (Å²) in [4.78, 5) is 29.3. The summed E-state index contributed by atoms with van der Waals surface area (Å²) in [5.41, 5.74) is 1.36. The normalized spacial score (nSPS) is 14.8. The Balaban J connectivity index is 0.000000349. The van der Waals surface area contributed by atoms with E-state index in [1.165, 1.54) is 20.4 Å². The van der Waals surface area contributed by atoms with E-state index in [0.717, 1.165) is 39.5 Å². The third-order valence-electron chi connectivity index (χ3n) is 7.61. The molecule has 4 rings (SSSR count). The maximum Gasteiger partial charge on any atom is 0.344 e. The Labute approximate surface area is 316 Å². The molecule has 0 saturated carbocycles. The number of hydrogen-bond donors (Lipinski definition) is 0. The summed E-state index contributed by atoms with van der Waals surface area (Å²) in [5, 5.41) is 2.75. The summed E-state index contributed by atoms with van der Waals surface area (Å²) in [7, 11) is 0.641. The van der Waals surface area contributed by atoms with E-state index in [0.29, 0.717) is 47.0 Å². The van der Waals surface area contributed by atoms with Crippen LogP contribution in [-0.4, -0.2) is 43.8 Å². The van der Waals surface area contributed by atoms with Crippen LogP contribution in [0.3, 0.4) is 0 Å². The number of ketones is 1. The minimum atomic E-state index is -0.564. The van der Waals surface area contributed by atoms with Crippen molar-refractivity contribution in [3.8, 4) is 5.75 Å². The van der Waals surface area contributed by atoms with Crippen molar-refractivity contribution in [3.63, 3.8) is 0 Å². The fraction of sp³-hybridized carbons (Fsp3) is 0.381. The van der Waals surface area contributed by atoms with Crippen molar-refractivity contribution in [3.05, 3.63) is 119 Å². The van der Waals surface area contributed by atoms with Crippen LogP contribution in [-0.2, 0) is 30.2 Å². The molecular weight excluding hydrogens is 696 g/mol. The molecule has 2 heterocycles. The van der Waals surface area contributed by atoms with Gasteiger partial charge in [-0.3, -0.25) is 4.79 Å². The number of carbonyl (C=O) groups excluding carboxylic acids is 2. The third-order valence-corrected chi connectivity index (χ3v) is 12.1. The van der Waals surface area contributed by atoms with E-state index < -0.39 is 5.60 Å². The number of Topliss-reactive ketones (excluding diaryl/α,β-unsaturated/α-hetero) is 1. The lowest BCUT2D eigenvalue weighted by molar-refractivity contribution is -0.160. The number of allylic oxidation sites excluding steroid dienone is 7. The Morgan fingerprint density at radius 2 is 1.78 bits per heavy atom. The first-order valence-electron chi connectivity index (χ1n) is 17.3. The van der Waals surface area contributed by atoms with Crippen molar-refractivity contribution in [2.24, 2.45) is 0 Å². The minimum absolute atomic E-state index is 0.0920. The van der Waals surface area contributed by atoms with Crippen LogP contribution >= 0.6 is 32.1 Å². The number of hydrogen-bond acceptors (Lipinski definition) is 8. The predicted molar refractivity (Wildman–Crippen MR) is 219 cm³/mol. The molecule has 0 aromatic heterocycles. The highest BCUT2D eigenvalue weighted by Crippen LogP contribution is 2.46. The van der Waals surface area contributed by atoms with Gasteiger partial charge in [0.15, 0.2) is 12.4 Å². The zero-order valence-corrected chi connectivity index (χ0v) is 34.0. The Bertz CT molecular complexity index is 1600. The maximum atomic E-state index is 12.3. The number of benzene rings is 2. The van der Waals surface area contributed by atoms with Gasteiger partial charge in [-0.05, 0) is 118 Å². The van der Waals surface area contributed by atoms with Crippen molar-refractivity contribution < 1.29 is 28.5 Å². The van der Waals surface area contributed by atoms with E-state index in [4.69, 9.17) is 18.9 Å². The van der Waals surface area contributed by atoms with Crippen LogP contribution in [0.5, 0.6) is 5.75 Å². The standard InChI is InChI=1S/C22H31O4PS.C18H20O2S.C2H4/c1-6-9-19-17(7-2)27-18-14-16(10-11-20(18)28-19)25-15-21(23)26-22(4,5)12-13-24-8-3;1-4-15(20-5-2)10-11-17-13(3)16(19)12-14-8-6-7-9-18(14)21-17;1-2/h6,10-11,14,27H,1,7-9,12-13,15H2,2-5H3;4,6-11H,5,12H2,1-3H3;1-2H2/b;11-10-,15-4+;. The Hall–Kier alpha value is -3.29. The first-order valence-corrected chi connectivity index (χ1v) is 20.0. The van der Waals surface area contributed by atoms with Crippen molar-refractivity contribution in [2.75, 3.05) is 26.4 Å². The minimum Gasteiger partial charge on any atom is -0.494 e. The summed E-state index contributed by atoms with van der Waals surface area (Å²) in [6, 6.07) is 14.1. The number of esters is 1. The monoisotopic (exact) mass is 750 g/mol. The second-order valence-electron chi connectivity index (χ2n) is 11.9. The van der Waals surface area contributed by atoms with Gasteiger partial charge in [0.1, 0.15) is 17.1 Å². The van der Waals surface area contributed by atoms with Gasteiger partial charge in [0.25, 0.3) is 0 Å². The Morgan fingerprint density at radius 1 is 1.04 bits per heavy atom. The van der Waals surface area contributed by atoms with Crippen LogP contribution in [0.2, 0.25) is 0 Å². The lowest BCUT2D eigenvalue weighted by Gasteiger charge is -2.25. The topological polar surface area (TPSA) is 71.1 Å². The maximum absolute atomic E-state index is 12.3. The second kappa shape index (κ2) is 23.3. The predicted octanol–water partition coefficient (Wildman–Crippen LogP) is 10.9. The lowest BCUT2D eigenvalue weighted by Crippen LogP contribution is -2.32. The number of carbonyl (C=O) groups is 2. The van der Waals surface area contributed by atoms with E-state index in [9.17, 15) is 9.59 Å². The quantitative estimate of drug-likeness (QED) is 0.0445. The average molecular weight is 751 g/mol. The summed E-state index contributed by atoms with van der Waals surface area (Å²) >= 11 is 3.47. The summed E-state index contributed by atoms with van der Waals surface area (Å²) in [5.74, 6) is 1.35. The average Bonchev–Trinajstić information content (AvgIpc) is 3.24. The summed E-state index contributed by atoms with van der Waals surface area (Å²) in [6.45, 7) is 25.4. The smallest absolute Gasteiger partial charge is 0.344 e. The van der Waals surface area contributed by atoms with Crippen molar-refractivity contribution in [2.45, 2.75) is 89.5 Å². The van der Waals surface area contributed by atoms with Gasteiger partial charge in [-0.25, -0.2) is 4.79 Å². The van der Waals surface area contributed by atoms with Crippen LogP contribution in [0.1, 0.15) is 73.3 Å². The number of rotatable bonds is 15. The second-order valence-corrected chi connectivity index (χ2v) is 15.5. The van der Waals surface area contributed by atoms with Gasteiger partial charge < -0.3 is 18.9 Å². The fourth-order valence-corrected chi connectivity index (χ4v) is 8.76. The first kappa shape index (κ1) is 43.9. The molecule has 1 atom stereocenters. The molecule has 0 spiro atoms. The van der Waals surface area contributed by atoms with Gasteiger partial charge in [-0.1, -0.05) is 63.3 Å². The SMILES string of the molecule is C/C=C(\C=C/C1=C(C)C(=O)Cc2ccccc2S1)OCC.C=C.C=CCC1=C(CC)Pc2cc(OCC(=O)OC(C)(C)CCOCC)ccc2S1. The van der Waals surface area contributed by atoms with E-state index in [1.807, 2.05) is 102 Å². The molecule has 0 radical (unpaired) electrons. The number of thioether (sulfide) groups is 2. The van der Waals surface area contributed by atoms with Crippen molar-refractivity contribution >= 4 is 49.2 Å². The molecule has 0 N–H and O–H groups in total. The zero-order chi connectivity index (χ0) is 37.8. The highest BCUT2D eigenvalue weighted by atomic mass is 32.2. The zero-order valence-electron chi connectivity index (χ0n) is 31.4. The molecule has 276 valence electrons. The Morgan fingerprint density at radius 3 is 2.45 bits per heavy atom. The number of ether oxygens (including phenoxy) is 4. The van der Waals surface area contributed by atoms with Gasteiger partial charge in [-0.15, -0.1) is 19.7 Å². The fourth-order valence-electron chi connectivity index (χ4n) is 4.89. The van der Waals surface area contributed by atoms with E-state index >= 15 is 0 Å². The van der Waals surface area contributed by atoms with E-state index in [1.54, 1.807) is 11.8 Å². The molecule has 2 aromatic carbocycles. The number of fused-ring (bicyclic) bond motifs is 2. The molecular formula is C42H55O6PS2. The lowest BCUT2D eigenvalue weighted by atomic mass is 10.0. The van der Waals surface area contributed by atoms with Crippen LogP contribution < -0.4 is 10.0 Å². The van der Waals surface area contributed by atoms with Crippen LogP contribution in [0.25, 0.3) is 0 Å². The molecule has 0 aliphatic carbocycles. The van der Waals surface area contributed by atoms with Gasteiger partial charge in [-0.2, -0.15) is 0 Å². The Kier molecular flexibility index (Phi) is 20.0. The van der Waals surface area contributed by atoms with Crippen LogP contribution in [0.15, 0.2) is 123 Å². The van der Waals surface area contributed by atoms with Gasteiger partial charge in [0, 0.05) is 39.7 Å². The molecule has 0 fully saturated rings. The van der Waals surface area contributed by atoms with Crippen molar-refractivity contribution in [1.82, 2.24) is 0 Å². The molecule has 2 aliphatic heterocycles. The third kappa shape index (κ3) is 14.7. The van der Waals surface area contributed by atoms with E-state index in [2.05, 4.69) is 44.9 Å². The summed E-state index contributed by atoms with van der Waals surface area (Å²) in [6.07, 6.45) is 10.9. The van der Waals surface area contributed by atoms with E-state index in [-0.39, 0.29) is 18.4 Å². The highest BCUT2D eigenvalue weighted by molar-refractivity contribution is 8.04. The molecule has 0 saturated heterocycles. The van der Waals surface area contributed by atoms with Gasteiger partial charge >= 0.3 is 5.97 Å². The van der Waals surface area contributed by atoms with Gasteiger partial charge in [0.05, 0.1) is 13.2 Å². The summed E-state index contributed by atoms with van der Waals surface area (Å²) < 4.78 is 22.1. The van der Waals surface area contributed by atoms with Gasteiger partial charge in [0.2, 0.25) is 0 Å².